The summed E-state index contributed by atoms with van der Waals surface area (Å²) in [6.07, 6.45) is 0. The zero-order chi connectivity index (χ0) is 8.55. The number of anilines is 1. The van der Waals surface area contributed by atoms with E-state index >= 15 is 0 Å². The maximum atomic E-state index is 5.91. The van der Waals surface area contributed by atoms with Crippen molar-refractivity contribution in [1.82, 2.24) is 0 Å². The largest absolute Gasteiger partial charge is 0.453 e. The zero-order valence-corrected chi connectivity index (χ0v) is 8.54. The van der Waals surface area contributed by atoms with Gasteiger partial charge >= 0.3 is 0 Å². The highest BCUT2D eigenvalue weighted by Gasteiger charge is 2.17. The molecule has 0 aromatic heterocycles. The molecular formula is C8H9Cl2NO2. The van der Waals surface area contributed by atoms with Crippen molar-refractivity contribution in [2.24, 2.45) is 0 Å². The van der Waals surface area contributed by atoms with Gasteiger partial charge < -0.3 is 14.8 Å². The van der Waals surface area contributed by atoms with E-state index in [0.29, 0.717) is 16.5 Å². The number of hydrogen-bond acceptors (Lipinski definition) is 3. The molecule has 0 unspecified atom stereocenters. The molecule has 13 heavy (non-hydrogen) atoms. The monoisotopic (exact) mass is 221 g/mol. The first-order chi connectivity index (χ1) is 5.81. The fraction of sp³-hybridized carbons (Fsp3) is 0.250. The standard InChI is InChI=1S/C8H8ClNO2.ClH/c1-10-5-2-6(9)8-7(3-5)11-4-12-8;/h2-3,10H,4H2,1H3;1H. The molecule has 1 aliphatic rings. The number of fused-ring (bicyclic) bond motifs is 1. The van der Waals surface area contributed by atoms with Gasteiger partial charge in [-0.2, -0.15) is 0 Å². The van der Waals surface area contributed by atoms with Crippen LogP contribution in [-0.4, -0.2) is 13.8 Å². The predicted molar refractivity (Wildman–Crippen MR) is 54.4 cm³/mol. The Labute approximate surface area is 87.4 Å². The molecule has 2 rings (SSSR count). The Morgan fingerprint density at radius 3 is 2.85 bits per heavy atom. The lowest BCUT2D eigenvalue weighted by Gasteiger charge is -2.03. The number of hydrogen-bond donors (Lipinski definition) is 1. The van der Waals surface area contributed by atoms with Crippen molar-refractivity contribution in [3.63, 3.8) is 0 Å². The van der Waals surface area contributed by atoms with Crippen LogP contribution in [0.25, 0.3) is 0 Å². The molecule has 0 amide bonds. The van der Waals surface area contributed by atoms with E-state index in [-0.39, 0.29) is 19.2 Å². The number of nitrogens with one attached hydrogen (secondary N) is 1. The highest BCUT2D eigenvalue weighted by molar-refractivity contribution is 6.32. The summed E-state index contributed by atoms with van der Waals surface area (Å²) in [7, 11) is 1.83. The molecule has 1 N–H and O–H groups in total. The van der Waals surface area contributed by atoms with Crippen molar-refractivity contribution in [1.29, 1.82) is 0 Å². The SMILES string of the molecule is CNc1cc(Cl)c2c(c1)OCO2.Cl. The van der Waals surface area contributed by atoms with Gasteiger partial charge in [0.25, 0.3) is 0 Å². The van der Waals surface area contributed by atoms with Crippen LogP contribution in [0.15, 0.2) is 12.1 Å². The van der Waals surface area contributed by atoms with E-state index in [4.69, 9.17) is 21.1 Å². The van der Waals surface area contributed by atoms with Crippen LogP contribution >= 0.6 is 24.0 Å². The van der Waals surface area contributed by atoms with Gasteiger partial charge in [0, 0.05) is 18.8 Å². The molecule has 5 heteroatoms. The molecule has 72 valence electrons. The third-order valence-corrected chi connectivity index (χ3v) is 2.00. The van der Waals surface area contributed by atoms with Gasteiger partial charge in [0.1, 0.15) is 0 Å². The first kappa shape index (κ1) is 10.3. The second-order valence-corrected chi connectivity index (χ2v) is 2.85. The molecule has 0 fully saturated rings. The first-order valence-electron chi connectivity index (χ1n) is 3.58. The van der Waals surface area contributed by atoms with Gasteiger partial charge in [0.15, 0.2) is 11.5 Å². The molecule has 0 atom stereocenters. The minimum Gasteiger partial charge on any atom is -0.453 e. The second-order valence-electron chi connectivity index (χ2n) is 2.44. The molecule has 0 saturated heterocycles. The van der Waals surface area contributed by atoms with Gasteiger partial charge in [-0.05, 0) is 6.07 Å². The summed E-state index contributed by atoms with van der Waals surface area (Å²) < 4.78 is 10.3. The van der Waals surface area contributed by atoms with E-state index in [0.717, 1.165) is 5.69 Å². The van der Waals surface area contributed by atoms with Crippen LogP contribution in [-0.2, 0) is 0 Å². The van der Waals surface area contributed by atoms with Crippen LogP contribution in [0.1, 0.15) is 0 Å². The lowest BCUT2D eigenvalue weighted by atomic mass is 10.3. The van der Waals surface area contributed by atoms with Gasteiger partial charge in [0.2, 0.25) is 6.79 Å². The summed E-state index contributed by atoms with van der Waals surface area (Å²) in [4.78, 5) is 0. The highest BCUT2D eigenvalue weighted by atomic mass is 35.5. The van der Waals surface area contributed by atoms with E-state index in [2.05, 4.69) is 5.32 Å². The molecule has 0 bridgehead atoms. The van der Waals surface area contributed by atoms with Crippen LogP contribution in [0.3, 0.4) is 0 Å². The maximum Gasteiger partial charge on any atom is 0.231 e. The quantitative estimate of drug-likeness (QED) is 0.791. The molecule has 0 radical (unpaired) electrons. The van der Waals surface area contributed by atoms with E-state index in [9.17, 15) is 0 Å². The fourth-order valence-corrected chi connectivity index (χ4v) is 1.38. The molecule has 1 aromatic rings. The molecule has 0 saturated carbocycles. The maximum absolute atomic E-state index is 5.91. The van der Waals surface area contributed by atoms with E-state index in [1.54, 1.807) is 6.07 Å². The second kappa shape index (κ2) is 3.94. The fourth-order valence-electron chi connectivity index (χ4n) is 1.11. The Bertz CT molecular complexity index is 317. The predicted octanol–water partition coefficient (Wildman–Crippen LogP) is 2.53. The molecule has 0 spiro atoms. The van der Waals surface area contributed by atoms with E-state index in [1.165, 1.54) is 0 Å². The van der Waals surface area contributed by atoms with Gasteiger partial charge in [-0.25, -0.2) is 0 Å². The number of ether oxygens (including phenoxy) is 2. The lowest BCUT2D eigenvalue weighted by Crippen LogP contribution is -1.93. The number of benzene rings is 1. The zero-order valence-electron chi connectivity index (χ0n) is 6.96. The van der Waals surface area contributed by atoms with Crippen molar-refractivity contribution in [2.45, 2.75) is 0 Å². The Morgan fingerprint density at radius 2 is 2.15 bits per heavy atom. The van der Waals surface area contributed by atoms with Crippen molar-refractivity contribution in [3.8, 4) is 11.5 Å². The van der Waals surface area contributed by atoms with Gasteiger partial charge in [-0.1, -0.05) is 11.6 Å². The number of rotatable bonds is 1. The van der Waals surface area contributed by atoms with Crippen LogP contribution in [0.5, 0.6) is 11.5 Å². The van der Waals surface area contributed by atoms with Gasteiger partial charge in [-0.15, -0.1) is 12.4 Å². The molecule has 1 heterocycles. The van der Waals surface area contributed by atoms with Crippen molar-refractivity contribution < 1.29 is 9.47 Å². The van der Waals surface area contributed by atoms with Crippen LogP contribution in [0.4, 0.5) is 5.69 Å². The Morgan fingerprint density at radius 1 is 1.38 bits per heavy atom. The highest BCUT2D eigenvalue weighted by Crippen LogP contribution is 2.41. The summed E-state index contributed by atoms with van der Waals surface area (Å²) in [6, 6.07) is 3.66. The summed E-state index contributed by atoms with van der Waals surface area (Å²) in [5.41, 5.74) is 0.921. The minimum atomic E-state index is 0. The number of halogens is 2. The van der Waals surface area contributed by atoms with Crippen LogP contribution in [0.2, 0.25) is 5.02 Å². The van der Waals surface area contributed by atoms with Crippen molar-refractivity contribution in [3.05, 3.63) is 17.2 Å². The third-order valence-electron chi connectivity index (χ3n) is 1.72. The Hall–Kier alpha value is -0.800. The van der Waals surface area contributed by atoms with E-state index in [1.807, 2.05) is 13.1 Å². The molecule has 1 aromatic carbocycles. The Kier molecular flexibility index (Phi) is 3.12. The van der Waals surface area contributed by atoms with E-state index < -0.39 is 0 Å². The van der Waals surface area contributed by atoms with Gasteiger partial charge in [-0.3, -0.25) is 0 Å². The molecule has 3 nitrogen and oxygen atoms in total. The topological polar surface area (TPSA) is 30.5 Å². The molecule has 0 aliphatic carbocycles. The Balaban J connectivity index is 0.000000845. The lowest BCUT2D eigenvalue weighted by molar-refractivity contribution is 0.174. The van der Waals surface area contributed by atoms with Crippen molar-refractivity contribution in [2.75, 3.05) is 19.2 Å². The molecule has 1 aliphatic heterocycles. The minimum absolute atomic E-state index is 0. The summed E-state index contributed by atoms with van der Waals surface area (Å²) >= 11 is 5.91. The molecular weight excluding hydrogens is 213 g/mol. The van der Waals surface area contributed by atoms with Crippen molar-refractivity contribution >= 4 is 29.7 Å². The summed E-state index contributed by atoms with van der Waals surface area (Å²) in [5, 5.41) is 3.56. The first-order valence-corrected chi connectivity index (χ1v) is 3.96. The average Bonchev–Trinajstić information content (AvgIpc) is 2.52. The van der Waals surface area contributed by atoms with Crippen LogP contribution in [0, 0.1) is 0 Å². The smallest absolute Gasteiger partial charge is 0.231 e. The van der Waals surface area contributed by atoms with Crippen LogP contribution < -0.4 is 14.8 Å². The normalized spacial score (nSPS) is 12.2. The summed E-state index contributed by atoms with van der Waals surface area (Å²) in [5.74, 6) is 1.34. The summed E-state index contributed by atoms with van der Waals surface area (Å²) in [6.45, 7) is 0.252. The van der Waals surface area contributed by atoms with Gasteiger partial charge in [0.05, 0.1) is 5.02 Å². The average molecular weight is 222 g/mol. The third kappa shape index (κ3) is 1.76.